The molecule has 0 spiro atoms. The zero-order valence-corrected chi connectivity index (χ0v) is 10.6. The van der Waals surface area contributed by atoms with Crippen LogP contribution in [0.5, 0.6) is 0 Å². The highest BCUT2D eigenvalue weighted by molar-refractivity contribution is 4.95. The highest BCUT2D eigenvalue weighted by atomic mass is 15.2. The summed E-state index contributed by atoms with van der Waals surface area (Å²) in [6.45, 7) is 11.3. The third-order valence-electron chi connectivity index (χ3n) is 3.30. The summed E-state index contributed by atoms with van der Waals surface area (Å²) < 4.78 is 0. The van der Waals surface area contributed by atoms with E-state index in [2.05, 4.69) is 36.7 Å². The zero-order valence-electron chi connectivity index (χ0n) is 10.6. The molecule has 0 aliphatic carbocycles. The molecule has 1 heterocycles. The van der Waals surface area contributed by atoms with Crippen molar-refractivity contribution in [2.75, 3.05) is 13.1 Å². The molecule has 15 heavy (non-hydrogen) atoms. The molecule has 0 amide bonds. The van der Waals surface area contributed by atoms with Gasteiger partial charge in [0.25, 0.3) is 0 Å². The van der Waals surface area contributed by atoms with E-state index < -0.39 is 0 Å². The lowest BCUT2D eigenvalue weighted by molar-refractivity contribution is -0.302. The number of quaternary nitrogens is 1. The molecule has 0 aromatic carbocycles. The van der Waals surface area contributed by atoms with Gasteiger partial charge in [-0.05, 0) is 33.2 Å². The van der Waals surface area contributed by atoms with Crippen molar-refractivity contribution in [2.45, 2.75) is 52.1 Å². The highest BCUT2D eigenvalue weighted by Gasteiger charge is 2.33. The van der Waals surface area contributed by atoms with E-state index >= 15 is 0 Å². The van der Waals surface area contributed by atoms with Crippen molar-refractivity contribution in [2.24, 2.45) is 0 Å². The number of nitrogens with zero attached hydrogens (tertiary/aromatic N) is 1. The standard InChI is InChI=1S/C12H25N3/c1-5-15-7-6-11(8-12(15,3)4)14-9-10(2)13/h9,11,14H,5-8,13H2,1-4H3/p+1/b10-9-. The third-order valence-corrected chi connectivity index (χ3v) is 3.30. The van der Waals surface area contributed by atoms with Crippen LogP contribution in [0.1, 0.15) is 40.5 Å². The van der Waals surface area contributed by atoms with Gasteiger partial charge in [-0.3, -0.25) is 4.90 Å². The van der Waals surface area contributed by atoms with Crippen LogP contribution < -0.4 is 11.1 Å². The van der Waals surface area contributed by atoms with Gasteiger partial charge in [0.05, 0.1) is 6.20 Å². The number of hydrogen-bond donors (Lipinski definition) is 2. The molecule has 1 fully saturated rings. The first-order valence-corrected chi connectivity index (χ1v) is 5.95. The molecule has 88 valence electrons. The Balaban J connectivity index is 2.51. The minimum atomic E-state index is 0.327. The van der Waals surface area contributed by atoms with Crippen LogP contribution >= 0.6 is 0 Å². The summed E-state index contributed by atoms with van der Waals surface area (Å²) in [5, 5.41) is 3.47. The number of likely N-dealkylation sites (tertiary alicyclic amines) is 1. The molecule has 0 aromatic rings. The van der Waals surface area contributed by atoms with Crippen molar-refractivity contribution in [3.05, 3.63) is 11.9 Å². The molecule has 1 aliphatic heterocycles. The van der Waals surface area contributed by atoms with E-state index in [1.807, 2.05) is 13.1 Å². The van der Waals surface area contributed by atoms with Gasteiger partial charge < -0.3 is 11.1 Å². The van der Waals surface area contributed by atoms with Gasteiger partial charge in [0.15, 0.2) is 0 Å². The molecular formula is C12H26N3+. The van der Waals surface area contributed by atoms with Gasteiger partial charge in [0, 0.05) is 25.0 Å². The molecule has 0 saturated carbocycles. The van der Waals surface area contributed by atoms with Crippen molar-refractivity contribution in [1.29, 1.82) is 0 Å². The lowest BCUT2D eigenvalue weighted by Gasteiger charge is -2.45. The summed E-state index contributed by atoms with van der Waals surface area (Å²) in [5.74, 6) is 0. The van der Waals surface area contributed by atoms with Crippen LogP contribution in [0.25, 0.3) is 0 Å². The maximum atomic E-state index is 3.88. The predicted octanol–water partition coefficient (Wildman–Crippen LogP) is 0.942. The van der Waals surface area contributed by atoms with Crippen LogP contribution in [-0.4, -0.2) is 29.6 Å². The molecule has 4 N–H and O–H groups in total. The van der Waals surface area contributed by atoms with E-state index in [4.69, 9.17) is 0 Å². The van der Waals surface area contributed by atoms with Gasteiger partial charge in [-0.25, -0.2) is 0 Å². The second-order valence-electron chi connectivity index (χ2n) is 5.24. The summed E-state index contributed by atoms with van der Waals surface area (Å²) in [5.41, 5.74) is 5.31. The predicted molar refractivity (Wildman–Crippen MR) is 64.1 cm³/mol. The Morgan fingerprint density at radius 1 is 1.60 bits per heavy atom. The van der Waals surface area contributed by atoms with Crippen LogP contribution in [0.15, 0.2) is 11.9 Å². The maximum absolute atomic E-state index is 3.88. The fourth-order valence-corrected chi connectivity index (χ4v) is 2.44. The Hall–Kier alpha value is -0.540. The van der Waals surface area contributed by atoms with Gasteiger partial charge in [0.1, 0.15) is 5.70 Å². The van der Waals surface area contributed by atoms with E-state index in [9.17, 15) is 0 Å². The number of nitrogens with one attached hydrogen (secondary N) is 1. The third kappa shape index (κ3) is 3.50. The number of rotatable bonds is 3. The normalized spacial score (nSPS) is 27.8. The Morgan fingerprint density at radius 2 is 2.27 bits per heavy atom. The minimum absolute atomic E-state index is 0.327. The molecule has 1 atom stereocenters. The first-order valence-electron chi connectivity index (χ1n) is 5.95. The van der Waals surface area contributed by atoms with Crippen LogP contribution in [0, 0.1) is 0 Å². The average molecular weight is 212 g/mol. The molecule has 3 heteroatoms. The minimum Gasteiger partial charge on any atom is -0.384 e. The first kappa shape index (κ1) is 12.5. The van der Waals surface area contributed by atoms with Crippen molar-refractivity contribution < 1.29 is 5.73 Å². The van der Waals surface area contributed by atoms with Gasteiger partial charge in [-0.2, -0.15) is 0 Å². The van der Waals surface area contributed by atoms with Gasteiger partial charge in [-0.15, -0.1) is 0 Å². The lowest BCUT2D eigenvalue weighted by atomic mass is 9.87. The molecule has 1 aliphatic rings. The second kappa shape index (κ2) is 4.99. The van der Waals surface area contributed by atoms with Crippen molar-refractivity contribution in [3.8, 4) is 0 Å². The van der Waals surface area contributed by atoms with Crippen molar-refractivity contribution in [1.82, 2.24) is 10.2 Å². The molecule has 1 unspecified atom stereocenters. The fraction of sp³-hybridized carbons (Fsp3) is 0.833. The second-order valence-corrected chi connectivity index (χ2v) is 5.24. The molecule has 0 aromatic heterocycles. The number of hydrogen-bond acceptors (Lipinski definition) is 2. The van der Waals surface area contributed by atoms with E-state index in [1.165, 1.54) is 19.4 Å². The lowest BCUT2D eigenvalue weighted by Crippen LogP contribution is -2.54. The molecule has 3 nitrogen and oxygen atoms in total. The van der Waals surface area contributed by atoms with E-state index in [1.54, 1.807) is 0 Å². The largest absolute Gasteiger partial charge is 0.384 e. The van der Waals surface area contributed by atoms with Gasteiger partial charge in [0.2, 0.25) is 0 Å². The summed E-state index contributed by atoms with van der Waals surface area (Å²) in [7, 11) is 0. The van der Waals surface area contributed by atoms with Gasteiger partial charge in [-0.1, -0.05) is 6.92 Å². The van der Waals surface area contributed by atoms with Gasteiger partial charge >= 0.3 is 0 Å². The monoisotopic (exact) mass is 212 g/mol. The average Bonchev–Trinajstić information content (AvgIpc) is 2.13. The zero-order chi connectivity index (χ0) is 11.5. The Labute approximate surface area is 93.7 Å². The van der Waals surface area contributed by atoms with E-state index in [0.717, 1.165) is 12.2 Å². The van der Waals surface area contributed by atoms with E-state index in [0.29, 0.717) is 11.6 Å². The summed E-state index contributed by atoms with van der Waals surface area (Å²) in [6, 6.07) is 0.611. The van der Waals surface area contributed by atoms with Crippen LogP contribution in [0.2, 0.25) is 0 Å². The SMILES string of the molecule is CCN1CCC(N/C=C(/C)[NH3+])CC1(C)C. The number of allylic oxidation sites excluding steroid dienone is 1. The molecule has 0 bridgehead atoms. The summed E-state index contributed by atoms with van der Waals surface area (Å²) in [6.07, 6.45) is 4.49. The number of piperidine rings is 1. The quantitative estimate of drug-likeness (QED) is 0.731. The van der Waals surface area contributed by atoms with Crippen molar-refractivity contribution >= 4 is 0 Å². The Morgan fingerprint density at radius 3 is 2.73 bits per heavy atom. The molecule has 1 rings (SSSR count). The topological polar surface area (TPSA) is 42.9 Å². The molecule has 0 radical (unpaired) electrons. The Kier molecular flexibility index (Phi) is 4.17. The van der Waals surface area contributed by atoms with E-state index in [-0.39, 0.29) is 0 Å². The maximum Gasteiger partial charge on any atom is 0.117 e. The first-order chi connectivity index (χ1) is 6.95. The highest BCUT2D eigenvalue weighted by Crippen LogP contribution is 2.27. The molecule has 1 saturated heterocycles. The van der Waals surface area contributed by atoms with Crippen LogP contribution in [0.4, 0.5) is 0 Å². The van der Waals surface area contributed by atoms with Crippen molar-refractivity contribution in [3.63, 3.8) is 0 Å². The fourth-order valence-electron chi connectivity index (χ4n) is 2.44. The van der Waals surface area contributed by atoms with Crippen LogP contribution in [-0.2, 0) is 0 Å². The Bertz CT molecular complexity index is 229. The smallest absolute Gasteiger partial charge is 0.117 e. The van der Waals surface area contributed by atoms with Crippen LogP contribution in [0.3, 0.4) is 0 Å². The molecular weight excluding hydrogens is 186 g/mol. The summed E-state index contributed by atoms with van der Waals surface area (Å²) in [4.78, 5) is 2.56. The summed E-state index contributed by atoms with van der Waals surface area (Å²) >= 11 is 0.